The van der Waals surface area contributed by atoms with E-state index in [-0.39, 0.29) is 51.0 Å². The Balaban J connectivity index is 1.16. The second kappa shape index (κ2) is 13.1. The number of fused-ring (bicyclic) bond motifs is 9. The molecule has 0 spiro atoms. The number of hydrogen-bond acceptors (Lipinski definition) is 5. The lowest BCUT2D eigenvalue weighted by Crippen LogP contribution is -2.00. The molecule has 0 unspecified atom stereocenters. The van der Waals surface area contributed by atoms with E-state index in [0.29, 0.717) is 16.7 Å². The van der Waals surface area contributed by atoms with Gasteiger partial charge >= 0.3 is 0 Å². The highest BCUT2D eigenvalue weighted by Crippen LogP contribution is 2.44. The molecule has 0 radical (unpaired) electrons. The molecule has 0 saturated carbocycles. The van der Waals surface area contributed by atoms with Crippen LogP contribution in [0, 0.1) is 0 Å². The van der Waals surface area contributed by atoms with Crippen molar-refractivity contribution in [2.75, 3.05) is 0 Å². The van der Waals surface area contributed by atoms with Crippen molar-refractivity contribution in [3.63, 3.8) is 0 Å². The average molecular weight is 772 g/mol. The van der Waals surface area contributed by atoms with Gasteiger partial charge in [-0.05, 0) is 74.6 Å². The Bertz CT molecular complexity index is 4360. The Morgan fingerprint density at radius 3 is 2.00 bits per heavy atom. The number of benzene rings is 9. The molecule has 0 atom stereocenters. The maximum Gasteiger partial charge on any atom is 0.164 e. The quantitative estimate of drug-likeness (QED) is 0.175. The monoisotopic (exact) mass is 771 g/mol. The molecule has 0 saturated heterocycles. The number of furan rings is 1. The van der Waals surface area contributed by atoms with Gasteiger partial charge in [-0.1, -0.05) is 151 Å². The highest BCUT2D eigenvalue weighted by atomic mass is 32.1. The lowest BCUT2D eigenvalue weighted by molar-refractivity contribution is 0.670. The topological polar surface area (TPSA) is 51.8 Å². The third kappa shape index (κ3) is 5.32. The minimum atomic E-state index is -0.730. The maximum atomic E-state index is 9.85. The molecular formula is C53H31N3OS. The molecule has 0 fully saturated rings. The first-order valence-corrected chi connectivity index (χ1v) is 19.1. The van der Waals surface area contributed by atoms with Crippen molar-refractivity contribution < 1.29 is 23.6 Å². The SMILES string of the molecule is [2H]c1cc(-c2ccc3sc4c5ccccc5ccc4c3c2)c2oc3c([2H])c([2H])c([2H])c([2H])c3c2c1-c1nc(-c2ccc3ccccc3c2)nc(-c2c([2H])c([2H])c(-c3c([2H])c([2H])c([2H])c([2H])c3[2H])c([2H])c2[2H])n1. The van der Waals surface area contributed by atoms with Gasteiger partial charge in [-0.3, -0.25) is 0 Å². The summed E-state index contributed by atoms with van der Waals surface area (Å²) in [4.78, 5) is 14.4. The van der Waals surface area contributed by atoms with Crippen LogP contribution in [0.2, 0.25) is 0 Å². The normalized spacial score (nSPS) is 15.2. The van der Waals surface area contributed by atoms with Crippen LogP contribution in [0.1, 0.15) is 19.2 Å². The standard InChI is InChI=1S/C53H31N3OS/c1-2-10-32(11-3-1)34-18-21-36(22-19-34)51-54-52(39-23-20-33-12-4-5-14-37(33)30-39)56-53(55-51)44-28-27-40(49-48(44)43-16-8-9-17-46(43)57-49)38-25-29-47-45(31-38)42-26-24-35-13-6-7-15-41(35)50(42)58-47/h1-31H/i1D,2D,3D,8D,9D,10D,11D,16D,17D,18D,19D,21D,22D,28D. The zero-order valence-electron chi connectivity index (χ0n) is 44.0. The third-order valence-electron chi connectivity index (χ3n) is 10.3. The number of rotatable bonds is 5. The van der Waals surface area contributed by atoms with E-state index < -0.39 is 95.2 Å². The predicted molar refractivity (Wildman–Crippen MR) is 242 cm³/mol. The Hall–Kier alpha value is -7.47. The zero-order valence-corrected chi connectivity index (χ0v) is 30.8. The summed E-state index contributed by atoms with van der Waals surface area (Å²) >= 11 is 1.65. The van der Waals surface area contributed by atoms with Crippen molar-refractivity contribution >= 4 is 75.0 Å². The molecule has 58 heavy (non-hydrogen) atoms. The van der Waals surface area contributed by atoms with Crippen molar-refractivity contribution in [2.45, 2.75) is 0 Å². The third-order valence-corrected chi connectivity index (χ3v) is 11.5. The minimum absolute atomic E-state index is 0.0130. The fraction of sp³-hybridized carbons (Fsp3) is 0. The molecule has 9 aromatic carbocycles. The van der Waals surface area contributed by atoms with Crippen LogP contribution in [0.15, 0.2) is 192 Å². The minimum Gasteiger partial charge on any atom is -0.455 e. The van der Waals surface area contributed by atoms with Gasteiger partial charge in [-0.25, -0.2) is 15.0 Å². The highest BCUT2D eigenvalue weighted by Gasteiger charge is 2.21. The second-order valence-electron chi connectivity index (χ2n) is 13.7. The Morgan fingerprint density at radius 1 is 0.431 bits per heavy atom. The van der Waals surface area contributed by atoms with Gasteiger partial charge in [0.15, 0.2) is 17.5 Å². The predicted octanol–water partition coefficient (Wildman–Crippen LogP) is 14.8. The van der Waals surface area contributed by atoms with E-state index in [1.807, 2.05) is 66.7 Å². The van der Waals surface area contributed by atoms with Gasteiger partial charge in [0.2, 0.25) is 0 Å². The van der Waals surface area contributed by atoms with E-state index in [1.165, 1.54) is 0 Å². The van der Waals surface area contributed by atoms with E-state index in [1.54, 1.807) is 23.5 Å². The smallest absolute Gasteiger partial charge is 0.164 e. The van der Waals surface area contributed by atoms with Crippen LogP contribution < -0.4 is 0 Å². The van der Waals surface area contributed by atoms with Crippen molar-refractivity contribution in [2.24, 2.45) is 0 Å². The van der Waals surface area contributed by atoms with E-state index in [2.05, 4.69) is 24.3 Å². The van der Waals surface area contributed by atoms with E-state index >= 15 is 0 Å². The van der Waals surface area contributed by atoms with Gasteiger partial charge in [-0.15, -0.1) is 11.3 Å². The molecule has 0 aliphatic heterocycles. The van der Waals surface area contributed by atoms with Gasteiger partial charge < -0.3 is 4.42 Å². The first kappa shape index (κ1) is 21.7. The summed E-state index contributed by atoms with van der Waals surface area (Å²) in [5.41, 5.74) is -0.106. The Morgan fingerprint density at radius 2 is 1.12 bits per heavy atom. The molecule has 0 amide bonds. The number of nitrogens with zero attached hydrogens (tertiary/aromatic N) is 3. The molecule has 12 aromatic rings. The molecule has 0 N–H and O–H groups in total. The van der Waals surface area contributed by atoms with Crippen LogP contribution in [-0.2, 0) is 0 Å². The summed E-state index contributed by atoms with van der Waals surface area (Å²) < 4.78 is 133. The molecule has 0 aliphatic rings. The van der Waals surface area contributed by atoms with Gasteiger partial charge in [0.25, 0.3) is 0 Å². The van der Waals surface area contributed by atoms with E-state index in [0.717, 1.165) is 41.7 Å². The van der Waals surface area contributed by atoms with Crippen LogP contribution in [-0.4, -0.2) is 15.0 Å². The van der Waals surface area contributed by atoms with Gasteiger partial charge in [0, 0.05) is 53.2 Å². The van der Waals surface area contributed by atoms with E-state index in [9.17, 15) is 8.22 Å². The number of para-hydroxylation sites is 1. The molecule has 12 rings (SSSR count). The lowest BCUT2D eigenvalue weighted by atomic mass is 9.96. The number of aromatic nitrogens is 3. The molecule has 0 bridgehead atoms. The summed E-state index contributed by atoms with van der Waals surface area (Å²) in [5.74, 6) is -0.611. The van der Waals surface area contributed by atoms with Crippen LogP contribution in [0.4, 0.5) is 0 Å². The molecule has 3 aromatic heterocycles. The lowest BCUT2D eigenvalue weighted by Gasteiger charge is -2.12. The largest absolute Gasteiger partial charge is 0.455 e. The highest BCUT2D eigenvalue weighted by molar-refractivity contribution is 7.26. The van der Waals surface area contributed by atoms with Gasteiger partial charge in [0.1, 0.15) is 11.2 Å². The number of hydrogen-bond donors (Lipinski definition) is 0. The molecule has 4 nitrogen and oxygen atoms in total. The first-order chi connectivity index (χ1) is 34.5. The maximum absolute atomic E-state index is 9.85. The molecule has 270 valence electrons. The van der Waals surface area contributed by atoms with Crippen LogP contribution >= 0.6 is 11.3 Å². The Kier molecular flexibility index (Phi) is 4.89. The molecule has 5 heteroatoms. The summed E-state index contributed by atoms with van der Waals surface area (Å²) in [7, 11) is 0. The van der Waals surface area contributed by atoms with Crippen molar-refractivity contribution in [3.8, 4) is 56.4 Å². The van der Waals surface area contributed by atoms with E-state index in [4.69, 9.17) is 30.3 Å². The zero-order chi connectivity index (χ0) is 50.3. The fourth-order valence-corrected chi connectivity index (χ4v) is 8.79. The van der Waals surface area contributed by atoms with Crippen LogP contribution in [0.3, 0.4) is 0 Å². The van der Waals surface area contributed by atoms with Gasteiger partial charge in [-0.2, -0.15) is 0 Å². The van der Waals surface area contributed by atoms with Crippen molar-refractivity contribution in [1.29, 1.82) is 0 Å². The van der Waals surface area contributed by atoms with Crippen molar-refractivity contribution in [1.82, 2.24) is 15.0 Å². The average Bonchev–Trinajstić information content (AvgIpc) is 3.98. The number of thiophene rings is 1. The van der Waals surface area contributed by atoms with Crippen molar-refractivity contribution in [3.05, 3.63) is 188 Å². The second-order valence-corrected chi connectivity index (χ2v) is 14.7. The van der Waals surface area contributed by atoms with Crippen LogP contribution in [0.5, 0.6) is 0 Å². The summed E-state index contributed by atoms with van der Waals surface area (Å²) in [6.07, 6.45) is 0. The fourth-order valence-electron chi connectivity index (χ4n) is 7.57. The molecular weight excluding hydrogens is 727 g/mol. The molecule has 0 aliphatic carbocycles. The summed E-state index contributed by atoms with van der Waals surface area (Å²) in [5, 5.41) is 5.91. The summed E-state index contributed by atoms with van der Waals surface area (Å²) in [6, 6.07) is 24.1. The molecule has 3 heterocycles. The van der Waals surface area contributed by atoms with Crippen LogP contribution in [0.25, 0.3) is 120 Å². The summed E-state index contributed by atoms with van der Waals surface area (Å²) in [6.45, 7) is 0. The van der Waals surface area contributed by atoms with Gasteiger partial charge in [0.05, 0.1) is 19.2 Å². The first-order valence-electron chi connectivity index (χ1n) is 25.3. The Labute approximate surface area is 357 Å².